The molecule has 21 heavy (non-hydrogen) atoms. The van der Waals surface area contributed by atoms with Crippen LogP contribution in [0.5, 0.6) is 11.5 Å². The molecule has 1 aromatic rings. The molecular formula is C15H22ClNO4. The van der Waals surface area contributed by atoms with Gasteiger partial charge in [-0.3, -0.25) is 4.79 Å². The summed E-state index contributed by atoms with van der Waals surface area (Å²) < 4.78 is 10.4. The van der Waals surface area contributed by atoms with E-state index in [1.54, 1.807) is 12.1 Å². The molecule has 0 unspecified atom stereocenters. The lowest BCUT2D eigenvalue weighted by Gasteiger charge is -2.16. The van der Waals surface area contributed by atoms with E-state index in [9.17, 15) is 9.90 Å². The molecule has 5 nitrogen and oxygen atoms in total. The van der Waals surface area contributed by atoms with Crippen molar-refractivity contribution in [2.75, 3.05) is 14.2 Å². The number of nitrogens with one attached hydrogen (secondary N) is 1. The number of unbranched alkanes of at least 4 members (excludes halogenated alkanes) is 1. The summed E-state index contributed by atoms with van der Waals surface area (Å²) in [6.07, 6.45) is 2.44. The Bertz CT molecular complexity index is 479. The fraction of sp³-hybridized carbons (Fsp3) is 0.533. The summed E-state index contributed by atoms with van der Waals surface area (Å²) in [6, 6.07) is 2.97. The highest BCUT2D eigenvalue weighted by Crippen LogP contribution is 2.35. The molecule has 1 rings (SSSR count). The number of hydrogen-bond acceptors (Lipinski definition) is 4. The van der Waals surface area contributed by atoms with Crippen molar-refractivity contribution < 1.29 is 19.4 Å². The predicted molar refractivity (Wildman–Crippen MR) is 82.3 cm³/mol. The summed E-state index contributed by atoms with van der Waals surface area (Å²) >= 11 is 6.13. The summed E-state index contributed by atoms with van der Waals surface area (Å²) in [5.74, 6) is 0.168. The van der Waals surface area contributed by atoms with Crippen molar-refractivity contribution in [2.45, 2.75) is 38.8 Å². The topological polar surface area (TPSA) is 67.8 Å². The minimum Gasteiger partial charge on any atom is -0.493 e. The summed E-state index contributed by atoms with van der Waals surface area (Å²) in [7, 11) is 3.06. The van der Waals surface area contributed by atoms with Gasteiger partial charge in [0.15, 0.2) is 11.5 Å². The largest absolute Gasteiger partial charge is 0.493 e. The van der Waals surface area contributed by atoms with Crippen LogP contribution in [0.3, 0.4) is 0 Å². The third-order valence-corrected chi connectivity index (χ3v) is 3.47. The quantitative estimate of drug-likeness (QED) is 0.733. The molecule has 118 valence electrons. The van der Waals surface area contributed by atoms with Gasteiger partial charge in [0, 0.05) is 6.54 Å². The fourth-order valence-electron chi connectivity index (χ4n) is 2.04. The molecule has 0 saturated heterocycles. The van der Waals surface area contributed by atoms with Gasteiger partial charge in [-0.25, -0.2) is 0 Å². The minimum atomic E-state index is -0.838. The first-order valence-corrected chi connectivity index (χ1v) is 7.27. The van der Waals surface area contributed by atoms with Crippen LogP contribution in [0.25, 0.3) is 0 Å². The van der Waals surface area contributed by atoms with Crippen molar-refractivity contribution >= 4 is 17.6 Å². The normalized spacial score (nSPS) is 12.0. The van der Waals surface area contributed by atoms with Gasteiger partial charge >= 0.3 is 5.97 Å². The van der Waals surface area contributed by atoms with Crippen molar-refractivity contribution in [3.63, 3.8) is 0 Å². The molecule has 1 atom stereocenters. The highest BCUT2D eigenvalue weighted by Gasteiger charge is 2.17. The van der Waals surface area contributed by atoms with Crippen LogP contribution in [0.4, 0.5) is 0 Å². The molecule has 0 amide bonds. The van der Waals surface area contributed by atoms with Crippen molar-refractivity contribution in [3.8, 4) is 11.5 Å². The number of halogens is 1. The molecule has 2 N–H and O–H groups in total. The Hall–Kier alpha value is -1.46. The summed E-state index contributed by atoms with van der Waals surface area (Å²) in [4.78, 5) is 11.2. The number of carbonyl (C=O) groups is 1. The van der Waals surface area contributed by atoms with Crippen LogP contribution in [0.1, 0.15) is 31.7 Å². The standard InChI is InChI=1S/C15H22ClNO4/c1-4-5-6-12(15(18)19)17-9-10-7-11(16)14(21-3)13(8-10)20-2/h7-8,12,17H,4-6,9H2,1-3H3,(H,18,19)/t12-/m0/s1. The van der Waals surface area contributed by atoms with Gasteiger partial charge in [-0.2, -0.15) is 0 Å². The van der Waals surface area contributed by atoms with Gasteiger partial charge in [0.05, 0.1) is 19.2 Å². The van der Waals surface area contributed by atoms with Crippen molar-refractivity contribution in [3.05, 3.63) is 22.7 Å². The molecule has 0 aromatic heterocycles. The zero-order chi connectivity index (χ0) is 15.8. The molecule has 0 saturated carbocycles. The Morgan fingerprint density at radius 3 is 2.62 bits per heavy atom. The van der Waals surface area contributed by atoms with E-state index >= 15 is 0 Å². The summed E-state index contributed by atoms with van der Waals surface area (Å²) in [5.41, 5.74) is 0.848. The van der Waals surface area contributed by atoms with E-state index in [4.69, 9.17) is 21.1 Å². The van der Waals surface area contributed by atoms with Crippen LogP contribution in [-0.4, -0.2) is 31.3 Å². The van der Waals surface area contributed by atoms with Crippen molar-refractivity contribution in [2.24, 2.45) is 0 Å². The Balaban J connectivity index is 2.78. The van der Waals surface area contributed by atoms with Gasteiger partial charge in [-0.15, -0.1) is 0 Å². The Kier molecular flexibility index (Phi) is 7.32. The van der Waals surface area contributed by atoms with Gasteiger partial charge in [-0.1, -0.05) is 31.4 Å². The Morgan fingerprint density at radius 1 is 1.38 bits per heavy atom. The minimum absolute atomic E-state index is 0.404. The first kappa shape index (κ1) is 17.6. The Labute approximate surface area is 130 Å². The van der Waals surface area contributed by atoms with Crippen LogP contribution in [0.15, 0.2) is 12.1 Å². The molecule has 6 heteroatoms. The van der Waals surface area contributed by atoms with Crippen LogP contribution in [0, 0.1) is 0 Å². The van der Waals surface area contributed by atoms with Gasteiger partial charge in [0.1, 0.15) is 6.04 Å². The van der Waals surface area contributed by atoms with E-state index in [0.29, 0.717) is 29.5 Å². The maximum absolute atomic E-state index is 11.2. The number of ether oxygens (including phenoxy) is 2. The fourth-order valence-corrected chi connectivity index (χ4v) is 2.35. The van der Waals surface area contributed by atoms with Gasteiger partial charge in [0.25, 0.3) is 0 Å². The molecule has 0 radical (unpaired) electrons. The van der Waals surface area contributed by atoms with E-state index in [2.05, 4.69) is 5.32 Å². The smallest absolute Gasteiger partial charge is 0.320 e. The highest BCUT2D eigenvalue weighted by atomic mass is 35.5. The molecule has 0 aliphatic carbocycles. The third-order valence-electron chi connectivity index (χ3n) is 3.19. The molecule has 0 heterocycles. The monoisotopic (exact) mass is 315 g/mol. The van der Waals surface area contributed by atoms with E-state index in [-0.39, 0.29) is 0 Å². The second kappa shape index (κ2) is 8.74. The number of methoxy groups -OCH3 is 2. The van der Waals surface area contributed by atoms with Crippen LogP contribution >= 0.6 is 11.6 Å². The van der Waals surface area contributed by atoms with Crippen molar-refractivity contribution in [1.82, 2.24) is 5.32 Å². The average molecular weight is 316 g/mol. The van der Waals surface area contributed by atoms with Gasteiger partial charge < -0.3 is 19.9 Å². The number of aliphatic carboxylic acids is 1. The lowest BCUT2D eigenvalue weighted by atomic mass is 10.1. The summed E-state index contributed by atoms with van der Waals surface area (Å²) in [6.45, 7) is 2.44. The van der Waals surface area contributed by atoms with Crippen LogP contribution < -0.4 is 14.8 Å². The zero-order valence-corrected chi connectivity index (χ0v) is 13.4. The maximum atomic E-state index is 11.2. The maximum Gasteiger partial charge on any atom is 0.320 e. The van der Waals surface area contributed by atoms with E-state index < -0.39 is 12.0 Å². The number of carboxylic acids is 1. The molecule has 1 aromatic carbocycles. The second-order valence-electron chi connectivity index (χ2n) is 4.73. The highest BCUT2D eigenvalue weighted by molar-refractivity contribution is 6.32. The summed E-state index contributed by atoms with van der Waals surface area (Å²) in [5, 5.41) is 12.7. The molecule has 0 spiro atoms. The molecule has 0 fully saturated rings. The first-order chi connectivity index (χ1) is 10.0. The second-order valence-corrected chi connectivity index (χ2v) is 5.13. The van der Waals surface area contributed by atoms with E-state index in [1.807, 2.05) is 6.92 Å². The van der Waals surface area contributed by atoms with E-state index in [1.165, 1.54) is 14.2 Å². The SMILES string of the molecule is CCCC[C@H](NCc1cc(Cl)c(OC)c(OC)c1)C(=O)O. The number of carboxylic acid groups (broad SMARTS) is 1. The van der Waals surface area contributed by atoms with Crippen LogP contribution in [0.2, 0.25) is 5.02 Å². The number of benzene rings is 1. The van der Waals surface area contributed by atoms with Gasteiger partial charge in [0.2, 0.25) is 0 Å². The molecular weight excluding hydrogens is 294 g/mol. The molecule has 0 aliphatic heterocycles. The average Bonchev–Trinajstić information content (AvgIpc) is 2.46. The van der Waals surface area contributed by atoms with Crippen molar-refractivity contribution in [1.29, 1.82) is 0 Å². The number of rotatable bonds is 9. The first-order valence-electron chi connectivity index (χ1n) is 6.90. The lowest BCUT2D eigenvalue weighted by molar-refractivity contribution is -0.139. The third kappa shape index (κ3) is 5.10. The van der Waals surface area contributed by atoms with E-state index in [0.717, 1.165) is 18.4 Å². The lowest BCUT2D eigenvalue weighted by Crippen LogP contribution is -2.36. The van der Waals surface area contributed by atoms with Crippen LogP contribution in [-0.2, 0) is 11.3 Å². The van der Waals surface area contributed by atoms with Gasteiger partial charge in [-0.05, 0) is 24.1 Å². The Morgan fingerprint density at radius 2 is 2.10 bits per heavy atom. The predicted octanol–water partition coefficient (Wildman–Crippen LogP) is 3.09. The zero-order valence-electron chi connectivity index (χ0n) is 12.6. The molecule has 0 bridgehead atoms. The number of hydrogen-bond donors (Lipinski definition) is 2. The molecule has 0 aliphatic rings.